The second kappa shape index (κ2) is 4.45. The zero-order valence-corrected chi connectivity index (χ0v) is 10.5. The number of nitrogens with zero attached hydrogens (tertiary/aromatic N) is 3. The number of rotatable bonds is 1. The van der Waals surface area contributed by atoms with Crippen LogP contribution < -0.4 is 10.6 Å². The highest BCUT2D eigenvalue weighted by Crippen LogP contribution is 2.28. The third-order valence-electron chi connectivity index (χ3n) is 3.17. The highest BCUT2D eigenvalue weighted by molar-refractivity contribution is 6.28. The van der Waals surface area contributed by atoms with E-state index in [9.17, 15) is 0 Å². The lowest BCUT2D eigenvalue weighted by molar-refractivity contribution is 0.436. The summed E-state index contributed by atoms with van der Waals surface area (Å²) >= 11 is 5.87. The Labute approximate surface area is 101 Å². The molecule has 1 aliphatic rings. The SMILES string of the molecule is Cc1nc(Cl)nc(N2CCC(C)CC2)c1N. The molecule has 0 saturated carbocycles. The summed E-state index contributed by atoms with van der Waals surface area (Å²) in [5, 5.41) is 0.278. The minimum Gasteiger partial charge on any atom is -0.394 e. The first-order chi connectivity index (χ1) is 7.58. The number of nitrogen functional groups attached to an aromatic ring is 1. The Morgan fingerprint density at radius 2 is 1.94 bits per heavy atom. The maximum atomic E-state index is 5.99. The van der Waals surface area contributed by atoms with Crippen molar-refractivity contribution in [1.82, 2.24) is 9.97 Å². The predicted octanol–water partition coefficient (Wildman–Crippen LogP) is 2.26. The van der Waals surface area contributed by atoms with Crippen LogP contribution >= 0.6 is 11.6 Å². The van der Waals surface area contributed by atoms with Crippen LogP contribution in [0, 0.1) is 12.8 Å². The molecule has 2 rings (SSSR count). The molecule has 1 aliphatic heterocycles. The molecule has 4 nitrogen and oxygen atoms in total. The molecule has 0 unspecified atom stereocenters. The highest BCUT2D eigenvalue weighted by atomic mass is 35.5. The summed E-state index contributed by atoms with van der Waals surface area (Å²) in [4.78, 5) is 10.5. The Morgan fingerprint density at radius 1 is 1.31 bits per heavy atom. The van der Waals surface area contributed by atoms with E-state index >= 15 is 0 Å². The fraction of sp³-hybridized carbons (Fsp3) is 0.636. The van der Waals surface area contributed by atoms with Crippen LogP contribution in [0.3, 0.4) is 0 Å². The minimum atomic E-state index is 0.278. The van der Waals surface area contributed by atoms with Gasteiger partial charge in [-0.1, -0.05) is 6.92 Å². The number of halogens is 1. The van der Waals surface area contributed by atoms with E-state index in [1.807, 2.05) is 6.92 Å². The first-order valence-corrected chi connectivity index (χ1v) is 6.00. The quantitative estimate of drug-likeness (QED) is 0.765. The van der Waals surface area contributed by atoms with Crippen molar-refractivity contribution in [3.63, 3.8) is 0 Å². The smallest absolute Gasteiger partial charge is 0.224 e. The number of aryl methyl sites for hydroxylation is 1. The van der Waals surface area contributed by atoms with Crippen LogP contribution in [0.15, 0.2) is 0 Å². The van der Waals surface area contributed by atoms with E-state index in [1.54, 1.807) is 0 Å². The van der Waals surface area contributed by atoms with Gasteiger partial charge in [0.1, 0.15) is 0 Å². The van der Waals surface area contributed by atoms with Crippen LogP contribution in [0.5, 0.6) is 0 Å². The van der Waals surface area contributed by atoms with Gasteiger partial charge in [-0.15, -0.1) is 0 Å². The molecule has 0 aromatic carbocycles. The molecule has 1 saturated heterocycles. The van der Waals surface area contributed by atoms with Gasteiger partial charge in [-0.05, 0) is 37.3 Å². The van der Waals surface area contributed by atoms with Gasteiger partial charge in [0.05, 0.1) is 11.4 Å². The fourth-order valence-electron chi connectivity index (χ4n) is 1.99. The van der Waals surface area contributed by atoms with Crippen molar-refractivity contribution in [2.75, 3.05) is 23.7 Å². The van der Waals surface area contributed by atoms with Crippen molar-refractivity contribution in [2.45, 2.75) is 26.7 Å². The molecule has 0 atom stereocenters. The van der Waals surface area contributed by atoms with Crippen molar-refractivity contribution >= 4 is 23.1 Å². The van der Waals surface area contributed by atoms with Crippen LogP contribution in [0.2, 0.25) is 5.28 Å². The van der Waals surface area contributed by atoms with Gasteiger partial charge in [-0.2, -0.15) is 4.98 Å². The first-order valence-electron chi connectivity index (χ1n) is 5.62. The van der Waals surface area contributed by atoms with E-state index in [0.29, 0.717) is 5.69 Å². The summed E-state index contributed by atoms with van der Waals surface area (Å²) in [5.41, 5.74) is 7.40. The van der Waals surface area contributed by atoms with Gasteiger partial charge in [-0.25, -0.2) is 4.98 Å². The lowest BCUT2D eigenvalue weighted by atomic mass is 9.99. The zero-order chi connectivity index (χ0) is 11.7. The van der Waals surface area contributed by atoms with Gasteiger partial charge in [0.25, 0.3) is 0 Å². The summed E-state index contributed by atoms with van der Waals surface area (Å²) in [6.07, 6.45) is 2.36. The van der Waals surface area contributed by atoms with E-state index in [1.165, 1.54) is 12.8 Å². The van der Waals surface area contributed by atoms with Crippen LogP contribution in [-0.4, -0.2) is 23.1 Å². The van der Waals surface area contributed by atoms with Crippen molar-refractivity contribution in [1.29, 1.82) is 0 Å². The standard InChI is InChI=1S/C11H17ClN4/c1-7-3-5-16(6-4-7)10-9(13)8(2)14-11(12)15-10/h7H,3-6,13H2,1-2H3. The van der Waals surface area contributed by atoms with E-state index in [2.05, 4.69) is 21.8 Å². The van der Waals surface area contributed by atoms with Gasteiger partial charge >= 0.3 is 0 Å². The van der Waals surface area contributed by atoms with Crippen molar-refractivity contribution < 1.29 is 0 Å². The number of piperidine rings is 1. The van der Waals surface area contributed by atoms with Crippen LogP contribution in [0.1, 0.15) is 25.5 Å². The molecule has 0 radical (unpaired) electrons. The molecular formula is C11H17ClN4. The molecule has 5 heteroatoms. The second-order valence-corrected chi connectivity index (χ2v) is 4.82. The number of hydrogen-bond acceptors (Lipinski definition) is 4. The predicted molar refractivity (Wildman–Crippen MR) is 66.8 cm³/mol. The Bertz CT molecular complexity index is 386. The summed E-state index contributed by atoms with van der Waals surface area (Å²) < 4.78 is 0. The van der Waals surface area contributed by atoms with Crippen LogP contribution in [0.4, 0.5) is 11.5 Å². The van der Waals surface area contributed by atoms with Crippen molar-refractivity contribution in [2.24, 2.45) is 5.92 Å². The average Bonchev–Trinajstić information content (AvgIpc) is 2.25. The maximum Gasteiger partial charge on any atom is 0.224 e. The molecule has 0 spiro atoms. The molecule has 1 aromatic rings. The van der Waals surface area contributed by atoms with Crippen molar-refractivity contribution in [3.8, 4) is 0 Å². The van der Waals surface area contributed by atoms with Gasteiger partial charge in [0.15, 0.2) is 5.82 Å². The number of anilines is 2. The Balaban J connectivity index is 2.26. The average molecular weight is 241 g/mol. The molecule has 88 valence electrons. The third kappa shape index (κ3) is 2.21. The Kier molecular flexibility index (Phi) is 3.19. The minimum absolute atomic E-state index is 0.278. The molecule has 2 heterocycles. The summed E-state index contributed by atoms with van der Waals surface area (Å²) in [5.74, 6) is 1.58. The van der Waals surface area contributed by atoms with E-state index in [-0.39, 0.29) is 5.28 Å². The van der Waals surface area contributed by atoms with Gasteiger partial charge in [-0.3, -0.25) is 0 Å². The topological polar surface area (TPSA) is 55.0 Å². The molecular weight excluding hydrogens is 224 g/mol. The molecule has 16 heavy (non-hydrogen) atoms. The lowest BCUT2D eigenvalue weighted by Gasteiger charge is -2.32. The van der Waals surface area contributed by atoms with Gasteiger partial charge < -0.3 is 10.6 Å². The molecule has 0 aliphatic carbocycles. The summed E-state index contributed by atoms with van der Waals surface area (Å²) in [6.45, 7) is 6.13. The van der Waals surface area contributed by atoms with Crippen LogP contribution in [0.25, 0.3) is 0 Å². The van der Waals surface area contributed by atoms with Crippen molar-refractivity contribution in [3.05, 3.63) is 11.0 Å². The second-order valence-electron chi connectivity index (χ2n) is 4.48. The monoisotopic (exact) mass is 240 g/mol. The van der Waals surface area contributed by atoms with E-state index < -0.39 is 0 Å². The molecule has 2 N–H and O–H groups in total. The van der Waals surface area contributed by atoms with Gasteiger partial charge in [0.2, 0.25) is 5.28 Å². The Hall–Kier alpha value is -1.03. The zero-order valence-electron chi connectivity index (χ0n) is 9.70. The normalized spacial score (nSPS) is 17.8. The molecule has 0 bridgehead atoms. The summed E-state index contributed by atoms with van der Waals surface area (Å²) in [6, 6.07) is 0. The highest BCUT2D eigenvalue weighted by Gasteiger charge is 2.20. The lowest BCUT2D eigenvalue weighted by Crippen LogP contribution is -2.34. The number of nitrogens with two attached hydrogens (primary N) is 1. The number of hydrogen-bond donors (Lipinski definition) is 1. The largest absolute Gasteiger partial charge is 0.394 e. The number of aromatic nitrogens is 2. The fourth-order valence-corrected chi connectivity index (χ4v) is 2.20. The van der Waals surface area contributed by atoms with E-state index in [4.69, 9.17) is 17.3 Å². The Morgan fingerprint density at radius 3 is 2.56 bits per heavy atom. The van der Waals surface area contributed by atoms with E-state index in [0.717, 1.165) is 30.5 Å². The molecule has 0 amide bonds. The third-order valence-corrected chi connectivity index (χ3v) is 3.34. The first kappa shape index (κ1) is 11.5. The maximum absolute atomic E-state index is 5.99. The van der Waals surface area contributed by atoms with Gasteiger partial charge in [0, 0.05) is 13.1 Å². The van der Waals surface area contributed by atoms with Crippen LogP contribution in [-0.2, 0) is 0 Å². The molecule has 1 fully saturated rings. The summed E-state index contributed by atoms with van der Waals surface area (Å²) in [7, 11) is 0. The molecule has 1 aromatic heterocycles.